The van der Waals surface area contributed by atoms with Crippen LogP contribution in [-0.4, -0.2) is 106 Å². The Morgan fingerprint density at radius 2 is 0.541 bits per heavy atom. The van der Waals surface area contributed by atoms with Crippen LogP contribution in [0.15, 0.2) is 287 Å². The standard InChI is InChI=1S/C26H19F7N2O4S.C26H22F4N2O4S.C25H20F4N2O4S.C21H17F7N2O4S/c27-23(28)38-19-7-6-16(13-20(19)39-24(29)30)18(12-15-8-10-35(37)11-9-15)21-14-34-22(40-21)25(36,26(31,32)33)17-4-2-1-3-5-17;1-26(33,18-5-3-2-4-6-18)23-31-15-22(37-23)19(13-16-9-11-32(34)12-10-16)17-7-8-20(35-24(27)28)21(14-17)36-25(29)30;26-24(27)34-19-7-6-17(13-20(19)35-25(28)29)18(12-15-8-10-31(33)11-9-15)21-14-30-23(36-21)22(32)16-4-2-1-3-5-16;1-20(31,21(26,27)28)17-29-10-16(35-17)13(8-11-4-6-30(32)7-5-11)12-2-3-14(33-18(22)23)15(9-12)34-19(24)25/h1-11,13-14,18,23-24,36H,12H2;2-12,14-15,19,24-25,33H,13H2,1H3;1-11,13-14,18,22,24-25,32H,12H2;2-7,9-10,13,18-19,31H,8H2,1H3. The van der Waals surface area contributed by atoms with Crippen molar-refractivity contribution in [3.05, 3.63) is 408 Å². The number of halogens is 22. The lowest BCUT2D eigenvalue weighted by Crippen LogP contribution is -2.43. The Hall–Kier alpha value is -14.4. The molecule has 0 bridgehead atoms. The van der Waals surface area contributed by atoms with Crippen molar-refractivity contribution in [2.45, 2.75) is 151 Å². The van der Waals surface area contributed by atoms with Crippen LogP contribution in [0.5, 0.6) is 46.0 Å². The molecule has 50 heteroatoms. The molecule has 24 nitrogen and oxygen atoms in total. The van der Waals surface area contributed by atoms with Crippen molar-refractivity contribution >= 4 is 45.3 Å². The molecule has 8 heterocycles. The van der Waals surface area contributed by atoms with Gasteiger partial charge in [0.2, 0.25) is 11.2 Å². The summed E-state index contributed by atoms with van der Waals surface area (Å²) in [4.78, 5) is 18.1. The molecule has 0 saturated heterocycles. The average molecular weight is 2170 g/mol. The van der Waals surface area contributed by atoms with Crippen LogP contribution < -0.4 is 56.8 Å². The van der Waals surface area contributed by atoms with Gasteiger partial charge in [-0.15, -0.1) is 45.3 Å². The van der Waals surface area contributed by atoms with Crippen LogP contribution in [-0.2, 0) is 42.5 Å². The van der Waals surface area contributed by atoms with E-state index in [1.165, 1.54) is 151 Å². The third-order valence-electron chi connectivity index (χ3n) is 21.9. The number of hydrogen-bond donors (Lipinski definition) is 4. The van der Waals surface area contributed by atoms with Gasteiger partial charge in [0.25, 0.3) is 0 Å². The van der Waals surface area contributed by atoms with Crippen LogP contribution in [0.4, 0.5) is 96.6 Å². The molecule has 0 radical (unpaired) electrons. The minimum Gasteiger partial charge on any atom is -0.619 e. The van der Waals surface area contributed by atoms with Gasteiger partial charge in [0.05, 0.1) is 0 Å². The van der Waals surface area contributed by atoms with Gasteiger partial charge in [-0.1, -0.05) is 115 Å². The fourth-order valence-corrected chi connectivity index (χ4v) is 19.2. The Balaban J connectivity index is 0.000000175. The van der Waals surface area contributed by atoms with E-state index in [0.717, 1.165) is 72.1 Å². The smallest absolute Gasteiger partial charge is 0.428 e. The van der Waals surface area contributed by atoms with E-state index < -0.39 is 173 Å². The molecule has 0 spiro atoms. The summed E-state index contributed by atoms with van der Waals surface area (Å²) in [7, 11) is 0. The molecule has 8 aromatic heterocycles. The summed E-state index contributed by atoms with van der Waals surface area (Å²) >= 11 is 3.53. The predicted octanol–water partition coefficient (Wildman–Crippen LogP) is 22.3. The van der Waals surface area contributed by atoms with Crippen LogP contribution in [0.2, 0.25) is 0 Å². The zero-order valence-corrected chi connectivity index (χ0v) is 78.9. The summed E-state index contributed by atoms with van der Waals surface area (Å²) < 4.78 is 326. The van der Waals surface area contributed by atoms with E-state index in [1.807, 2.05) is 12.1 Å². The molecule has 8 atom stereocenters. The van der Waals surface area contributed by atoms with Gasteiger partial charge in [0, 0.05) is 116 Å². The fourth-order valence-electron chi connectivity index (χ4n) is 14.7. The van der Waals surface area contributed by atoms with Crippen LogP contribution >= 0.6 is 45.3 Å². The van der Waals surface area contributed by atoms with Crippen molar-refractivity contribution in [1.82, 2.24) is 19.9 Å². The Kier molecular flexibility index (Phi) is 37.8. The first-order valence-corrected chi connectivity index (χ1v) is 46.2. The molecule has 4 N–H and O–H groups in total. The first kappa shape index (κ1) is 112. The average Bonchev–Trinajstić information content (AvgIpc) is 1.49. The van der Waals surface area contributed by atoms with Gasteiger partial charge >= 0.3 is 65.2 Å². The van der Waals surface area contributed by atoms with Gasteiger partial charge in [-0.3, -0.25) is 0 Å². The second kappa shape index (κ2) is 49.8. The number of aliphatic hydroxyl groups is 4. The zero-order valence-electron chi connectivity index (χ0n) is 75.7. The number of aliphatic hydroxyl groups excluding tert-OH is 1. The minimum absolute atomic E-state index is 0.0292. The minimum atomic E-state index is -5.16. The molecule has 0 fully saturated rings. The second-order valence-electron chi connectivity index (χ2n) is 31.8. The highest BCUT2D eigenvalue weighted by Crippen LogP contribution is 2.51. The maximum atomic E-state index is 14.2. The largest absolute Gasteiger partial charge is 0.619 e. The van der Waals surface area contributed by atoms with Crippen LogP contribution in [0.1, 0.15) is 144 Å². The van der Waals surface area contributed by atoms with Crippen molar-refractivity contribution < 1.29 is 174 Å². The molecule has 0 aliphatic carbocycles. The maximum Gasteiger partial charge on any atom is 0.428 e. The number of thiazole rings is 4. The highest BCUT2D eigenvalue weighted by atomic mass is 32.1. The van der Waals surface area contributed by atoms with E-state index in [2.05, 4.69) is 57.8 Å². The van der Waals surface area contributed by atoms with E-state index >= 15 is 0 Å². The maximum absolute atomic E-state index is 14.2. The lowest BCUT2D eigenvalue weighted by Gasteiger charge is -2.29. The number of aromatic nitrogens is 8. The second-order valence-corrected chi connectivity index (χ2v) is 36.1. The Labute approximate surface area is 840 Å². The molecule has 7 aromatic carbocycles. The topological polar surface area (TPSA) is 314 Å². The summed E-state index contributed by atoms with van der Waals surface area (Å²) in [5.41, 5.74) is -3.38. The number of rotatable bonds is 39. The number of ether oxygens (including phenoxy) is 8. The lowest BCUT2D eigenvalue weighted by atomic mass is 9.91. The van der Waals surface area contributed by atoms with E-state index in [1.54, 1.807) is 92.1 Å². The van der Waals surface area contributed by atoms with Crippen LogP contribution in [0.25, 0.3) is 0 Å². The summed E-state index contributed by atoms with van der Waals surface area (Å²) in [5.74, 6) is -7.60. The van der Waals surface area contributed by atoms with Crippen molar-refractivity contribution in [3.8, 4) is 46.0 Å². The highest BCUT2D eigenvalue weighted by molar-refractivity contribution is 7.12. The van der Waals surface area contributed by atoms with Crippen molar-refractivity contribution in [2.24, 2.45) is 0 Å². The highest BCUT2D eigenvalue weighted by Gasteiger charge is 2.59. The van der Waals surface area contributed by atoms with Crippen molar-refractivity contribution in [3.63, 3.8) is 0 Å². The van der Waals surface area contributed by atoms with Gasteiger partial charge in [0.15, 0.2) is 95.6 Å². The molecular formula is C98H78F22N8O16S4. The first-order valence-electron chi connectivity index (χ1n) is 42.9. The molecule has 0 saturated carbocycles. The Bertz CT molecular complexity index is 6740. The first-order chi connectivity index (χ1) is 70.1. The van der Waals surface area contributed by atoms with Crippen molar-refractivity contribution in [1.29, 1.82) is 0 Å². The molecule has 0 aliphatic rings. The summed E-state index contributed by atoms with van der Waals surface area (Å²) in [6, 6.07) is 50.7. The molecule has 148 heavy (non-hydrogen) atoms. The molecule has 784 valence electrons. The Morgan fingerprint density at radius 3 is 0.831 bits per heavy atom. The van der Waals surface area contributed by atoms with Crippen molar-refractivity contribution in [2.75, 3.05) is 0 Å². The van der Waals surface area contributed by atoms with Crippen LogP contribution in [0, 0.1) is 20.8 Å². The van der Waals surface area contributed by atoms with Gasteiger partial charge < -0.3 is 79.2 Å². The summed E-state index contributed by atoms with van der Waals surface area (Å²) in [5, 5.41) is 88.1. The van der Waals surface area contributed by atoms with Gasteiger partial charge in [0.1, 0.15) is 31.7 Å². The molecule has 0 aliphatic heterocycles. The van der Waals surface area contributed by atoms with Crippen LogP contribution in [0.3, 0.4) is 0 Å². The monoisotopic (exact) mass is 2170 g/mol. The molecule has 15 aromatic rings. The number of alkyl halides is 22. The number of pyridine rings is 4. The summed E-state index contributed by atoms with van der Waals surface area (Å²) in [6.07, 6.45) is 4.99. The quantitative estimate of drug-likeness (QED) is 0.0158. The number of nitrogens with zero attached hydrogens (tertiary/aromatic N) is 8. The normalized spacial score (nSPS) is 14.0. The Morgan fingerprint density at radius 1 is 0.291 bits per heavy atom. The predicted molar refractivity (Wildman–Crippen MR) is 488 cm³/mol. The van der Waals surface area contributed by atoms with Gasteiger partial charge in [-0.05, 0) is 149 Å². The third kappa shape index (κ3) is 30.0. The third-order valence-corrected chi connectivity index (χ3v) is 26.9. The van der Waals surface area contributed by atoms with E-state index in [-0.39, 0.29) is 33.7 Å². The molecule has 0 amide bonds. The number of hydrogen-bond acceptors (Lipinski definition) is 24. The lowest BCUT2D eigenvalue weighted by molar-refractivity contribution is -0.605. The fraction of sp³-hybridized carbons (Fsp3) is 0.245. The van der Waals surface area contributed by atoms with E-state index in [0.29, 0.717) is 115 Å². The van der Waals surface area contributed by atoms with Gasteiger partial charge in [-0.2, -0.15) is 116 Å². The van der Waals surface area contributed by atoms with Gasteiger partial charge in [-0.25, -0.2) is 19.9 Å². The SMILES string of the molecule is CC(O)(c1ccccc1)c1ncc(C(Cc2cc[n+]([O-])cc2)c2ccc(OC(F)F)c(OC(F)F)c2)s1.CC(O)(c1ncc(C(Cc2cc[n+]([O-])cc2)c2ccc(OC(F)F)c(OC(F)F)c2)s1)C(F)(F)F.[O-][n+]1ccc(CC(c2ccc(OC(F)F)c(OC(F)F)c2)c2cnc(C(O)(c3ccccc3)C(F)(F)F)s2)cc1.[O-][n+]1ccc(CC(c2ccc(OC(F)F)c(OC(F)F)c2)c2cnc(C(O)c3ccccc3)s2)cc1. The molecule has 8 unspecified atom stereocenters. The van der Waals surface area contributed by atoms with E-state index in [9.17, 15) is 138 Å². The summed E-state index contributed by atoms with van der Waals surface area (Å²) in [6.45, 7) is -24.2. The molecule has 15 rings (SSSR count). The number of benzene rings is 7. The molecular weight excluding hydrogens is 2090 g/mol. The van der Waals surface area contributed by atoms with E-state index in [4.69, 9.17) is 0 Å². The zero-order chi connectivity index (χ0) is 107.